The number of carbonyl (C=O) groups excluding carboxylic acids is 3. The summed E-state index contributed by atoms with van der Waals surface area (Å²) < 4.78 is 14.0. The molecule has 1 N–H and O–H groups in total. The summed E-state index contributed by atoms with van der Waals surface area (Å²) in [6.45, 7) is 2.18. The van der Waals surface area contributed by atoms with E-state index in [2.05, 4.69) is 59.8 Å². The molecule has 0 aliphatic carbocycles. The zero-order valence-corrected chi connectivity index (χ0v) is 24.4. The number of anilines is 1. The highest BCUT2D eigenvalue weighted by Gasteiger charge is 2.37. The van der Waals surface area contributed by atoms with E-state index < -0.39 is 17.8 Å². The summed E-state index contributed by atoms with van der Waals surface area (Å²) in [5.41, 5.74) is 2.51. The fraction of sp³-hybridized carbons (Fsp3) is 0.115. The van der Waals surface area contributed by atoms with Crippen LogP contribution in [0, 0.1) is 10.5 Å². The van der Waals surface area contributed by atoms with Gasteiger partial charge in [-0.05, 0) is 94.7 Å². The van der Waals surface area contributed by atoms with Crippen LogP contribution in [0.3, 0.4) is 0 Å². The van der Waals surface area contributed by atoms with Crippen molar-refractivity contribution in [1.29, 1.82) is 0 Å². The Morgan fingerprint density at radius 2 is 1.69 bits per heavy atom. The van der Waals surface area contributed by atoms with Crippen LogP contribution in [-0.2, 0) is 16.2 Å². The van der Waals surface area contributed by atoms with E-state index in [-0.39, 0.29) is 5.57 Å². The van der Waals surface area contributed by atoms with E-state index in [1.165, 1.54) is 13.2 Å². The molecule has 4 amide bonds. The Balaban J connectivity index is 1.64. The largest absolute Gasteiger partial charge is 0.493 e. The van der Waals surface area contributed by atoms with E-state index in [4.69, 9.17) is 9.47 Å². The third kappa shape index (κ3) is 5.65. The van der Waals surface area contributed by atoms with E-state index in [0.29, 0.717) is 33.8 Å². The maximum Gasteiger partial charge on any atom is 0.335 e. The summed E-state index contributed by atoms with van der Waals surface area (Å²) in [5, 5.41) is 2.24. The van der Waals surface area contributed by atoms with Gasteiger partial charge in [0.15, 0.2) is 11.5 Å². The van der Waals surface area contributed by atoms with Gasteiger partial charge in [0.2, 0.25) is 0 Å². The second kappa shape index (κ2) is 11.1. The first-order valence-corrected chi connectivity index (χ1v) is 13.3. The van der Waals surface area contributed by atoms with Crippen LogP contribution in [-0.4, -0.2) is 25.0 Å². The molecule has 3 aromatic carbocycles. The van der Waals surface area contributed by atoms with Crippen molar-refractivity contribution < 1.29 is 23.9 Å². The molecule has 0 spiro atoms. The smallest absolute Gasteiger partial charge is 0.335 e. The maximum absolute atomic E-state index is 13.3. The summed E-state index contributed by atoms with van der Waals surface area (Å²) in [6, 6.07) is 15.6. The molecular formula is C26H19Br2IN2O5. The minimum Gasteiger partial charge on any atom is -0.493 e. The van der Waals surface area contributed by atoms with Crippen molar-refractivity contribution in [2.75, 3.05) is 12.0 Å². The van der Waals surface area contributed by atoms with Crippen molar-refractivity contribution in [3.8, 4) is 11.5 Å². The third-order valence-electron chi connectivity index (χ3n) is 5.39. The third-order valence-corrected chi connectivity index (χ3v) is 7.69. The Morgan fingerprint density at radius 1 is 0.972 bits per heavy atom. The molecule has 1 saturated heterocycles. The summed E-state index contributed by atoms with van der Waals surface area (Å²) in [4.78, 5) is 39.3. The lowest BCUT2D eigenvalue weighted by Crippen LogP contribution is -2.54. The van der Waals surface area contributed by atoms with Crippen molar-refractivity contribution in [3.63, 3.8) is 0 Å². The summed E-state index contributed by atoms with van der Waals surface area (Å²) in [5.74, 6) is -0.585. The van der Waals surface area contributed by atoms with Gasteiger partial charge < -0.3 is 9.47 Å². The Bertz CT molecular complexity index is 1410. The number of rotatable bonds is 6. The second-order valence-electron chi connectivity index (χ2n) is 7.83. The lowest BCUT2D eigenvalue weighted by molar-refractivity contribution is -0.122. The first-order valence-electron chi connectivity index (χ1n) is 10.6. The normalized spacial score (nSPS) is 14.8. The van der Waals surface area contributed by atoms with Crippen LogP contribution < -0.4 is 19.7 Å². The van der Waals surface area contributed by atoms with E-state index in [0.717, 1.165) is 24.1 Å². The lowest BCUT2D eigenvalue weighted by atomic mass is 10.1. The number of benzene rings is 3. The average Bonchev–Trinajstić information content (AvgIpc) is 2.84. The number of barbiturate groups is 1. The molecule has 0 saturated carbocycles. The SMILES string of the molecule is COc1cc(/C=C2\C(=O)NC(=O)N(c3ccc(Br)c(C)c3)C2=O)c(Br)cc1OCc1ccc(I)cc1. The van der Waals surface area contributed by atoms with Crippen LogP contribution in [0.1, 0.15) is 16.7 Å². The van der Waals surface area contributed by atoms with Crippen LogP contribution in [0.5, 0.6) is 11.5 Å². The van der Waals surface area contributed by atoms with Gasteiger partial charge in [0, 0.05) is 12.5 Å². The Labute approximate surface area is 238 Å². The van der Waals surface area contributed by atoms with Gasteiger partial charge in [-0.15, -0.1) is 0 Å². The molecular weight excluding hydrogens is 707 g/mol. The van der Waals surface area contributed by atoms with Crippen LogP contribution >= 0.6 is 54.5 Å². The number of imide groups is 2. The monoisotopic (exact) mass is 724 g/mol. The van der Waals surface area contributed by atoms with Gasteiger partial charge in [0.1, 0.15) is 12.2 Å². The minimum atomic E-state index is -0.806. The molecule has 0 bridgehead atoms. The number of urea groups is 1. The van der Waals surface area contributed by atoms with Crippen molar-refractivity contribution in [2.24, 2.45) is 0 Å². The van der Waals surface area contributed by atoms with Crippen molar-refractivity contribution in [1.82, 2.24) is 5.32 Å². The summed E-state index contributed by atoms with van der Waals surface area (Å²) in [7, 11) is 1.51. The lowest BCUT2D eigenvalue weighted by Gasteiger charge is -2.27. The molecule has 0 unspecified atom stereocenters. The molecule has 1 fully saturated rings. The van der Waals surface area contributed by atoms with Gasteiger partial charge >= 0.3 is 6.03 Å². The second-order valence-corrected chi connectivity index (χ2v) is 10.8. The first kappa shape index (κ1) is 26.4. The quantitative estimate of drug-likeness (QED) is 0.181. The Morgan fingerprint density at radius 3 is 2.36 bits per heavy atom. The van der Waals surface area contributed by atoms with Crippen LogP contribution in [0.25, 0.3) is 6.08 Å². The summed E-state index contributed by atoms with van der Waals surface area (Å²) >= 11 is 9.14. The Hall–Kier alpha value is -2.70. The van der Waals surface area contributed by atoms with Gasteiger partial charge in [-0.25, -0.2) is 9.69 Å². The number of ether oxygens (including phenoxy) is 2. The topological polar surface area (TPSA) is 84.9 Å². The number of nitrogens with one attached hydrogen (secondary N) is 1. The molecule has 0 aromatic heterocycles. The van der Waals surface area contributed by atoms with Gasteiger partial charge in [-0.3, -0.25) is 14.9 Å². The highest BCUT2D eigenvalue weighted by Crippen LogP contribution is 2.36. The summed E-state index contributed by atoms with van der Waals surface area (Å²) in [6.07, 6.45) is 1.42. The number of halogens is 3. The molecule has 36 heavy (non-hydrogen) atoms. The average molecular weight is 726 g/mol. The molecule has 7 nitrogen and oxygen atoms in total. The standard InChI is InChI=1S/C26H19Br2IN2O5/c1-14-9-18(7-8-20(14)27)31-25(33)19(24(32)30-26(31)34)10-16-11-22(35-2)23(12-21(16)28)36-13-15-3-5-17(29)6-4-15/h3-12H,13H2,1-2H3,(H,30,32,34)/b19-10+. The van der Waals surface area contributed by atoms with Gasteiger partial charge in [0.25, 0.3) is 11.8 Å². The molecule has 184 valence electrons. The Kier molecular flexibility index (Phi) is 8.16. The molecule has 3 aromatic rings. The molecule has 10 heteroatoms. The zero-order chi connectivity index (χ0) is 26.0. The number of aryl methyl sites for hydroxylation is 1. The number of hydrogen-bond acceptors (Lipinski definition) is 5. The van der Waals surface area contributed by atoms with E-state index >= 15 is 0 Å². The van der Waals surface area contributed by atoms with Crippen LogP contribution in [0.4, 0.5) is 10.5 Å². The zero-order valence-electron chi connectivity index (χ0n) is 19.1. The highest BCUT2D eigenvalue weighted by atomic mass is 127. The maximum atomic E-state index is 13.3. The van der Waals surface area contributed by atoms with Crippen LogP contribution in [0.15, 0.2) is 69.1 Å². The molecule has 1 aliphatic rings. The fourth-order valence-corrected chi connectivity index (χ4v) is 4.53. The van der Waals surface area contributed by atoms with Gasteiger partial charge in [-0.2, -0.15) is 0 Å². The van der Waals surface area contributed by atoms with E-state index in [1.54, 1.807) is 30.3 Å². The predicted octanol–water partition coefficient (Wildman–Crippen LogP) is 6.38. The number of carbonyl (C=O) groups is 3. The predicted molar refractivity (Wildman–Crippen MR) is 152 cm³/mol. The molecule has 1 aliphatic heterocycles. The van der Waals surface area contributed by atoms with Crippen LogP contribution in [0.2, 0.25) is 0 Å². The van der Waals surface area contributed by atoms with Gasteiger partial charge in [0.05, 0.1) is 12.8 Å². The van der Waals surface area contributed by atoms with Crippen molar-refractivity contribution in [2.45, 2.75) is 13.5 Å². The molecule has 0 atom stereocenters. The molecule has 4 rings (SSSR count). The highest BCUT2D eigenvalue weighted by molar-refractivity contribution is 14.1. The fourth-order valence-electron chi connectivity index (χ4n) is 3.49. The number of methoxy groups -OCH3 is 1. The molecule has 0 radical (unpaired) electrons. The van der Waals surface area contributed by atoms with Crippen molar-refractivity contribution >= 4 is 84.1 Å². The minimum absolute atomic E-state index is 0.189. The first-order chi connectivity index (χ1) is 17.2. The number of hydrogen-bond donors (Lipinski definition) is 1. The molecule has 1 heterocycles. The number of amides is 4. The van der Waals surface area contributed by atoms with E-state index in [1.807, 2.05) is 31.2 Å². The number of nitrogens with zero attached hydrogens (tertiary/aromatic N) is 1. The van der Waals surface area contributed by atoms with E-state index in [9.17, 15) is 14.4 Å². The van der Waals surface area contributed by atoms with Crippen molar-refractivity contribution in [3.05, 3.63) is 89.4 Å². The van der Waals surface area contributed by atoms with Gasteiger partial charge in [-0.1, -0.05) is 44.0 Å².